The molecule has 3 aromatic rings. The molecule has 0 unspecified atom stereocenters. The minimum atomic E-state index is -4.87. The number of hydrogen-bond donors (Lipinski definition) is 0. The quantitative estimate of drug-likeness (QED) is 0.439. The van der Waals surface area contributed by atoms with E-state index in [4.69, 9.17) is 0 Å². The first-order chi connectivity index (χ1) is 17.1. The van der Waals surface area contributed by atoms with Gasteiger partial charge in [-0.15, -0.1) is 0 Å². The normalized spacial score (nSPS) is 14.1. The number of aromatic nitrogens is 3. The van der Waals surface area contributed by atoms with Gasteiger partial charge in [-0.05, 0) is 18.2 Å². The fraction of sp³-hybridized carbons (Fsp3) is 0.273. The van der Waals surface area contributed by atoms with E-state index >= 15 is 0 Å². The SMILES string of the molecule is CCS(=O)(=O)c1cc(-c2ncc(C(F)(F)F)cc2F)cnc1C(=O)N1CCc2ncc(C(F)(F)F)cc21. The van der Waals surface area contributed by atoms with E-state index in [0.717, 1.165) is 23.2 Å². The van der Waals surface area contributed by atoms with Crippen molar-refractivity contribution in [2.24, 2.45) is 0 Å². The van der Waals surface area contributed by atoms with Gasteiger partial charge in [0.25, 0.3) is 5.91 Å². The number of carbonyl (C=O) groups is 1. The van der Waals surface area contributed by atoms with Crippen LogP contribution in [0.15, 0.2) is 41.7 Å². The number of fused-ring (bicyclic) bond motifs is 1. The molecular weight excluding hydrogens is 533 g/mol. The highest BCUT2D eigenvalue weighted by molar-refractivity contribution is 7.91. The van der Waals surface area contributed by atoms with Gasteiger partial charge in [0.15, 0.2) is 9.84 Å². The Kier molecular flexibility index (Phi) is 6.46. The molecule has 7 nitrogen and oxygen atoms in total. The van der Waals surface area contributed by atoms with Crippen LogP contribution in [0.4, 0.5) is 36.4 Å². The van der Waals surface area contributed by atoms with Gasteiger partial charge in [0.1, 0.15) is 17.2 Å². The molecule has 0 aliphatic carbocycles. The van der Waals surface area contributed by atoms with E-state index in [9.17, 15) is 43.9 Å². The second-order valence-electron chi connectivity index (χ2n) is 7.92. The molecule has 0 atom stereocenters. The first kappa shape index (κ1) is 26.4. The number of hydrogen-bond acceptors (Lipinski definition) is 6. The van der Waals surface area contributed by atoms with E-state index in [2.05, 4.69) is 15.0 Å². The second kappa shape index (κ2) is 9.04. The van der Waals surface area contributed by atoms with Crippen molar-refractivity contribution < 1.29 is 43.9 Å². The van der Waals surface area contributed by atoms with Crippen molar-refractivity contribution in [1.29, 1.82) is 0 Å². The highest BCUT2D eigenvalue weighted by Gasteiger charge is 2.37. The Morgan fingerprint density at radius 2 is 1.57 bits per heavy atom. The smallest absolute Gasteiger partial charge is 0.305 e. The molecule has 4 rings (SSSR count). The van der Waals surface area contributed by atoms with Crippen molar-refractivity contribution in [2.75, 3.05) is 17.2 Å². The van der Waals surface area contributed by atoms with Gasteiger partial charge in [0.2, 0.25) is 0 Å². The monoisotopic (exact) mass is 548 g/mol. The maximum atomic E-state index is 14.5. The van der Waals surface area contributed by atoms with Crippen molar-refractivity contribution in [3.8, 4) is 11.3 Å². The summed E-state index contributed by atoms with van der Waals surface area (Å²) in [7, 11) is -4.22. The van der Waals surface area contributed by atoms with E-state index in [-0.39, 0.29) is 36.0 Å². The number of carbonyl (C=O) groups excluding carboxylic acids is 1. The predicted octanol–water partition coefficient (Wildman–Crippen LogP) is 4.71. The third kappa shape index (κ3) is 4.99. The average molecular weight is 548 g/mol. The summed E-state index contributed by atoms with van der Waals surface area (Å²) in [6, 6.07) is 1.75. The van der Waals surface area contributed by atoms with E-state index in [1.54, 1.807) is 0 Å². The summed E-state index contributed by atoms with van der Waals surface area (Å²) in [5.41, 5.74) is -4.07. The van der Waals surface area contributed by atoms with E-state index in [1.165, 1.54) is 6.92 Å². The molecule has 4 heterocycles. The number of pyridine rings is 3. The van der Waals surface area contributed by atoms with Gasteiger partial charge < -0.3 is 4.90 Å². The Labute approximate surface area is 204 Å². The lowest BCUT2D eigenvalue weighted by atomic mass is 10.1. The summed E-state index contributed by atoms with van der Waals surface area (Å²) < 4.78 is 118. The highest BCUT2D eigenvalue weighted by atomic mass is 32.2. The Bertz CT molecular complexity index is 1510. The molecule has 37 heavy (non-hydrogen) atoms. The Balaban J connectivity index is 1.80. The van der Waals surface area contributed by atoms with Crippen molar-refractivity contribution in [2.45, 2.75) is 30.6 Å². The number of nitrogens with zero attached hydrogens (tertiary/aromatic N) is 4. The molecular formula is C22H15F7N4O3S. The van der Waals surface area contributed by atoms with Crippen LogP contribution in [0.3, 0.4) is 0 Å². The number of rotatable bonds is 4. The first-order valence-corrected chi connectivity index (χ1v) is 12.1. The maximum Gasteiger partial charge on any atom is 0.417 e. The van der Waals surface area contributed by atoms with Crippen molar-refractivity contribution in [3.63, 3.8) is 0 Å². The molecule has 1 aliphatic rings. The summed E-state index contributed by atoms with van der Waals surface area (Å²) >= 11 is 0. The predicted molar refractivity (Wildman–Crippen MR) is 115 cm³/mol. The topological polar surface area (TPSA) is 93.1 Å². The van der Waals surface area contributed by atoms with E-state index in [0.29, 0.717) is 12.4 Å². The number of sulfone groups is 1. The van der Waals surface area contributed by atoms with Crippen LogP contribution in [0, 0.1) is 5.82 Å². The second-order valence-corrected chi connectivity index (χ2v) is 10.2. The van der Waals surface area contributed by atoms with Gasteiger partial charge in [0.05, 0.1) is 33.2 Å². The summed E-state index contributed by atoms with van der Waals surface area (Å²) in [5.74, 6) is -2.98. The van der Waals surface area contributed by atoms with E-state index < -0.39 is 67.1 Å². The van der Waals surface area contributed by atoms with Crippen LogP contribution < -0.4 is 4.90 Å². The number of halogens is 7. The van der Waals surface area contributed by atoms with Crippen molar-refractivity contribution in [1.82, 2.24) is 15.0 Å². The highest BCUT2D eigenvalue weighted by Crippen LogP contribution is 2.36. The molecule has 0 aromatic carbocycles. The summed E-state index contributed by atoms with van der Waals surface area (Å²) in [4.78, 5) is 24.5. The first-order valence-electron chi connectivity index (χ1n) is 10.5. The molecule has 3 aromatic heterocycles. The number of alkyl halides is 6. The molecule has 196 valence electrons. The number of amides is 1. The number of anilines is 1. The molecule has 15 heteroatoms. The Morgan fingerprint density at radius 1 is 0.946 bits per heavy atom. The Hall–Kier alpha value is -3.62. The zero-order valence-electron chi connectivity index (χ0n) is 18.7. The molecule has 0 N–H and O–H groups in total. The zero-order valence-corrected chi connectivity index (χ0v) is 19.5. The van der Waals surface area contributed by atoms with Crippen molar-refractivity contribution in [3.05, 3.63) is 65.1 Å². The van der Waals surface area contributed by atoms with Crippen LogP contribution in [0.5, 0.6) is 0 Å². The molecule has 0 radical (unpaired) electrons. The van der Waals surface area contributed by atoms with Crippen LogP contribution in [-0.2, 0) is 28.6 Å². The molecule has 0 spiro atoms. The zero-order chi connectivity index (χ0) is 27.3. The third-order valence-electron chi connectivity index (χ3n) is 5.60. The molecule has 1 aliphatic heterocycles. The van der Waals surface area contributed by atoms with Gasteiger partial charge in [-0.1, -0.05) is 6.92 Å². The lowest BCUT2D eigenvalue weighted by Crippen LogP contribution is -2.31. The lowest BCUT2D eigenvalue weighted by molar-refractivity contribution is -0.138. The maximum absolute atomic E-state index is 14.5. The van der Waals surface area contributed by atoms with Crippen LogP contribution >= 0.6 is 0 Å². The third-order valence-corrected chi connectivity index (χ3v) is 7.34. The van der Waals surface area contributed by atoms with Gasteiger partial charge in [-0.3, -0.25) is 14.8 Å². The van der Waals surface area contributed by atoms with Crippen molar-refractivity contribution >= 4 is 21.4 Å². The molecule has 1 amide bonds. The van der Waals surface area contributed by atoms with Gasteiger partial charge in [-0.2, -0.15) is 26.3 Å². The fourth-order valence-corrected chi connectivity index (χ4v) is 4.72. The Morgan fingerprint density at radius 3 is 2.16 bits per heavy atom. The molecule has 0 saturated heterocycles. The van der Waals surface area contributed by atoms with Crippen LogP contribution in [-0.4, -0.2) is 41.6 Å². The standard InChI is InChI=1S/C22H15F7N4O3S/c1-2-37(35,36)17-5-11(18-14(23)6-12(10-32-18)21(24,25)26)8-31-19(17)20(34)33-4-3-15-16(33)7-13(9-30-15)22(27,28)29/h5-10H,2-4H2,1H3. The van der Waals surface area contributed by atoms with E-state index in [1.807, 2.05) is 0 Å². The lowest BCUT2D eigenvalue weighted by Gasteiger charge is -2.19. The van der Waals surface area contributed by atoms with Gasteiger partial charge in [0, 0.05) is 37.1 Å². The molecule has 0 fully saturated rings. The minimum absolute atomic E-state index is 0.105. The summed E-state index contributed by atoms with van der Waals surface area (Å²) in [6.45, 7) is 1.14. The summed E-state index contributed by atoms with van der Waals surface area (Å²) in [6.07, 6.45) is -7.68. The minimum Gasteiger partial charge on any atom is -0.305 e. The fourth-order valence-electron chi connectivity index (χ4n) is 3.67. The van der Waals surface area contributed by atoms with Gasteiger partial charge in [-0.25, -0.2) is 17.8 Å². The largest absolute Gasteiger partial charge is 0.417 e. The van der Waals surface area contributed by atoms with Gasteiger partial charge >= 0.3 is 12.4 Å². The molecule has 0 bridgehead atoms. The average Bonchev–Trinajstić information content (AvgIpc) is 3.25. The van der Waals surface area contributed by atoms with Crippen LogP contribution in [0.2, 0.25) is 0 Å². The van der Waals surface area contributed by atoms with Crippen LogP contribution in [0.25, 0.3) is 11.3 Å². The molecule has 0 saturated carbocycles. The summed E-state index contributed by atoms with van der Waals surface area (Å²) in [5, 5.41) is 0. The van der Waals surface area contributed by atoms with Crippen LogP contribution in [0.1, 0.15) is 34.2 Å².